The van der Waals surface area contributed by atoms with E-state index in [-0.39, 0.29) is 5.82 Å². The summed E-state index contributed by atoms with van der Waals surface area (Å²) in [6, 6.07) is 9.61. The second kappa shape index (κ2) is 5.80. The molecule has 1 aromatic carbocycles. The molecule has 0 atom stereocenters. The maximum Gasteiger partial charge on any atom is 0.170 e. The summed E-state index contributed by atoms with van der Waals surface area (Å²) in [6.45, 7) is 2.51. The van der Waals surface area contributed by atoms with Gasteiger partial charge in [-0.15, -0.1) is 0 Å². The van der Waals surface area contributed by atoms with Gasteiger partial charge in [0.25, 0.3) is 0 Å². The maximum atomic E-state index is 14.3. The lowest BCUT2D eigenvalue weighted by Crippen LogP contribution is -2.15. The van der Waals surface area contributed by atoms with Crippen LogP contribution in [0.5, 0.6) is 0 Å². The fourth-order valence-electron chi connectivity index (χ4n) is 1.92. The lowest BCUT2D eigenvalue weighted by Gasteiger charge is -2.20. The largest absolute Gasteiger partial charge is 0.327 e. The third-order valence-corrected chi connectivity index (χ3v) is 3.06. The van der Waals surface area contributed by atoms with Gasteiger partial charge in [-0.25, -0.2) is 9.37 Å². The molecule has 0 aliphatic carbocycles. The monoisotopic (exact) mass is 259 g/mol. The number of hydrogen-bond donors (Lipinski definition) is 1. The van der Waals surface area contributed by atoms with E-state index in [0.717, 1.165) is 5.69 Å². The Balaban J connectivity index is 2.35. The predicted molar refractivity (Wildman–Crippen MR) is 76.2 cm³/mol. The second-order valence-corrected chi connectivity index (χ2v) is 4.53. The van der Waals surface area contributed by atoms with Crippen LogP contribution in [0.3, 0.4) is 0 Å². The van der Waals surface area contributed by atoms with Gasteiger partial charge in [-0.2, -0.15) is 0 Å². The number of halogens is 1. The molecule has 1 heterocycles. The molecule has 2 aromatic rings. The van der Waals surface area contributed by atoms with Crippen molar-refractivity contribution in [1.82, 2.24) is 10.3 Å². The first-order chi connectivity index (χ1) is 9.13. The lowest BCUT2D eigenvalue weighted by molar-refractivity contribution is 0.595. The molecule has 0 aliphatic rings. The fraction of sp³-hybridized carbons (Fsp3) is 0.267. The van der Waals surface area contributed by atoms with E-state index in [1.54, 1.807) is 24.2 Å². The molecule has 0 radical (unpaired) electrons. The number of anilines is 2. The smallest absolute Gasteiger partial charge is 0.170 e. The van der Waals surface area contributed by atoms with Crippen LogP contribution in [0.15, 0.2) is 36.5 Å². The molecular formula is C15H18FN3. The van der Waals surface area contributed by atoms with Crippen molar-refractivity contribution in [2.45, 2.75) is 13.5 Å². The Morgan fingerprint density at radius 2 is 1.89 bits per heavy atom. The summed E-state index contributed by atoms with van der Waals surface area (Å²) in [5.41, 5.74) is 2.71. The molecule has 0 aliphatic heterocycles. The summed E-state index contributed by atoms with van der Waals surface area (Å²) in [5, 5.41) is 2.95. The van der Waals surface area contributed by atoms with E-state index in [0.29, 0.717) is 17.9 Å². The fourth-order valence-corrected chi connectivity index (χ4v) is 1.92. The number of pyridine rings is 1. The van der Waals surface area contributed by atoms with Crippen molar-refractivity contribution in [1.29, 1.82) is 0 Å². The molecule has 1 N–H and O–H groups in total. The van der Waals surface area contributed by atoms with Crippen LogP contribution in [0.1, 0.15) is 11.1 Å². The van der Waals surface area contributed by atoms with Crippen LogP contribution in [-0.4, -0.2) is 19.1 Å². The van der Waals surface area contributed by atoms with Gasteiger partial charge < -0.3 is 10.2 Å². The van der Waals surface area contributed by atoms with E-state index in [1.807, 2.05) is 38.2 Å². The highest BCUT2D eigenvalue weighted by Crippen LogP contribution is 2.25. The molecule has 1 aromatic heterocycles. The van der Waals surface area contributed by atoms with E-state index in [9.17, 15) is 4.39 Å². The number of nitrogens with one attached hydrogen (secondary N) is 1. The SMILES string of the molecule is CNCc1ccnc(N(C)c2ccc(C)cc2)c1F. The predicted octanol–water partition coefficient (Wildman–Crippen LogP) is 3.02. The standard InChI is InChI=1S/C15H18FN3/c1-11-4-6-13(7-5-11)19(3)15-14(16)12(10-17-2)8-9-18-15/h4-9,17H,10H2,1-3H3. The Hall–Kier alpha value is -1.94. The van der Waals surface area contributed by atoms with Crippen LogP contribution in [0.25, 0.3) is 0 Å². The van der Waals surface area contributed by atoms with Crippen LogP contribution in [0, 0.1) is 12.7 Å². The molecule has 0 spiro atoms. The van der Waals surface area contributed by atoms with Crippen molar-refractivity contribution >= 4 is 11.5 Å². The zero-order chi connectivity index (χ0) is 13.8. The first kappa shape index (κ1) is 13.5. The van der Waals surface area contributed by atoms with E-state index in [4.69, 9.17) is 0 Å². The van der Waals surface area contributed by atoms with E-state index < -0.39 is 0 Å². The van der Waals surface area contributed by atoms with Crippen molar-refractivity contribution in [2.24, 2.45) is 0 Å². The van der Waals surface area contributed by atoms with Gasteiger partial charge in [-0.3, -0.25) is 0 Å². The van der Waals surface area contributed by atoms with Gasteiger partial charge in [0.1, 0.15) is 0 Å². The van der Waals surface area contributed by atoms with Gasteiger partial charge in [0, 0.05) is 31.0 Å². The molecule has 0 saturated carbocycles. The molecule has 4 heteroatoms. The normalized spacial score (nSPS) is 10.5. The lowest BCUT2D eigenvalue weighted by atomic mass is 10.2. The molecule has 2 rings (SSSR count). The average molecular weight is 259 g/mol. The molecular weight excluding hydrogens is 241 g/mol. The van der Waals surface area contributed by atoms with Gasteiger partial charge in [0.15, 0.2) is 11.6 Å². The Kier molecular flexibility index (Phi) is 4.12. The number of aryl methyl sites for hydroxylation is 1. The van der Waals surface area contributed by atoms with Crippen molar-refractivity contribution in [3.63, 3.8) is 0 Å². The molecule has 0 saturated heterocycles. The third-order valence-electron chi connectivity index (χ3n) is 3.06. The van der Waals surface area contributed by atoms with Crippen LogP contribution in [-0.2, 0) is 6.54 Å². The van der Waals surface area contributed by atoms with Crippen molar-refractivity contribution < 1.29 is 4.39 Å². The summed E-state index contributed by atoms with van der Waals surface area (Å²) < 4.78 is 14.3. The molecule has 0 unspecified atom stereocenters. The quantitative estimate of drug-likeness (QED) is 0.914. The molecule has 100 valence electrons. The zero-order valence-corrected chi connectivity index (χ0v) is 11.4. The first-order valence-electron chi connectivity index (χ1n) is 6.22. The number of aromatic nitrogens is 1. The minimum absolute atomic E-state index is 0.278. The summed E-state index contributed by atoms with van der Waals surface area (Å²) in [6.07, 6.45) is 1.63. The highest BCUT2D eigenvalue weighted by molar-refractivity contribution is 5.60. The highest BCUT2D eigenvalue weighted by atomic mass is 19.1. The number of benzene rings is 1. The van der Waals surface area contributed by atoms with Crippen LogP contribution in [0.4, 0.5) is 15.9 Å². The van der Waals surface area contributed by atoms with Gasteiger partial charge in [0.05, 0.1) is 0 Å². The average Bonchev–Trinajstić information content (AvgIpc) is 2.41. The van der Waals surface area contributed by atoms with Gasteiger partial charge >= 0.3 is 0 Å². The number of rotatable bonds is 4. The van der Waals surface area contributed by atoms with Crippen molar-refractivity contribution in [3.8, 4) is 0 Å². The summed E-state index contributed by atoms with van der Waals surface area (Å²) in [5.74, 6) is 0.0662. The maximum absolute atomic E-state index is 14.3. The summed E-state index contributed by atoms with van der Waals surface area (Å²) in [7, 11) is 3.61. The minimum atomic E-state index is -0.278. The Morgan fingerprint density at radius 1 is 1.21 bits per heavy atom. The molecule has 3 nitrogen and oxygen atoms in total. The molecule has 19 heavy (non-hydrogen) atoms. The van der Waals surface area contributed by atoms with E-state index in [2.05, 4.69) is 10.3 Å². The Morgan fingerprint density at radius 3 is 2.53 bits per heavy atom. The number of hydrogen-bond acceptors (Lipinski definition) is 3. The van der Waals surface area contributed by atoms with E-state index >= 15 is 0 Å². The van der Waals surface area contributed by atoms with E-state index in [1.165, 1.54) is 5.56 Å². The second-order valence-electron chi connectivity index (χ2n) is 4.53. The summed E-state index contributed by atoms with van der Waals surface area (Å²) in [4.78, 5) is 5.90. The zero-order valence-electron chi connectivity index (χ0n) is 11.4. The van der Waals surface area contributed by atoms with Gasteiger partial charge in [-0.1, -0.05) is 17.7 Å². The Bertz CT molecular complexity index is 552. The minimum Gasteiger partial charge on any atom is -0.327 e. The number of nitrogens with zero attached hydrogens (tertiary/aromatic N) is 2. The molecule has 0 bridgehead atoms. The topological polar surface area (TPSA) is 28.2 Å². The van der Waals surface area contributed by atoms with Crippen molar-refractivity contribution in [2.75, 3.05) is 19.0 Å². The van der Waals surface area contributed by atoms with Crippen LogP contribution >= 0.6 is 0 Å². The highest BCUT2D eigenvalue weighted by Gasteiger charge is 2.14. The van der Waals surface area contributed by atoms with Crippen LogP contribution in [0.2, 0.25) is 0 Å². The third kappa shape index (κ3) is 2.90. The first-order valence-corrected chi connectivity index (χ1v) is 6.22. The van der Waals surface area contributed by atoms with Gasteiger partial charge in [-0.05, 0) is 32.2 Å². The van der Waals surface area contributed by atoms with Crippen LogP contribution < -0.4 is 10.2 Å². The summed E-state index contributed by atoms with van der Waals surface area (Å²) >= 11 is 0. The molecule has 0 fully saturated rings. The van der Waals surface area contributed by atoms with Gasteiger partial charge in [0.2, 0.25) is 0 Å². The molecule has 0 amide bonds. The Labute approximate surface area is 113 Å². The van der Waals surface area contributed by atoms with Crippen molar-refractivity contribution in [3.05, 3.63) is 53.5 Å².